The number of fused-ring (bicyclic) bond motifs is 1. The van der Waals surface area contributed by atoms with Crippen molar-refractivity contribution < 1.29 is 4.74 Å². The second-order valence-corrected chi connectivity index (χ2v) is 4.65. The Morgan fingerprint density at radius 3 is 2.84 bits per heavy atom. The van der Waals surface area contributed by atoms with E-state index < -0.39 is 0 Å². The molecular formula is C12H18N6O. The van der Waals surface area contributed by atoms with Crippen LogP contribution in [-0.4, -0.2) is 71.2 Å². The van der Waals surface area contributed by atoms with Crippen LogP contribution in [0.25, 0.3) is 5.65 Å². The minimum Gasteiger partial charge on any atom is -0.383 e. The standard InChI is InChI=1S/C12H18N6O/c1-19-9-8-16-4-6-17(7-5-16)12-3-2-11-14-13-10-18(11)15-12/h2-3,10H,4-9H2,1H3. The van der Waals surface area contributed by atoms with E-state index in [2.05, 4.69) is 25.1 Å². The Hall–Kier alpha value is -1.73. The number of anilines is 1. The molecule has 0 saturated carbocycles. The Bertz CT molecular complexity index is 534. The molecule has 0 atom stereocenters. The molecule has 0 aromatic carbocycles. The highest BCUT2D eigenvalue weighted by atomic mass is 16.5. The molecule has 1 fully saturated rings. The van der Waals surface area contributed by atoms with Crippen LogP contribution in [0.3, 0.4) is 0 Å². The second-order valence-electron chi connectivity index (χ2n) is 4.65. The van der Waals surface area contributed by atoms with Gasteiger partial charge in [0.25, 0.3) is 0 Å². The Morgan fingerprint density at radius 2 is 2.05 bits per heavy atom. The van der Waals surface area contributed by atoms with Crippen molar-refractivity contribution in [2.24, 2.45) is 0 Å². The molecule has 7 heteroatoms. The van der Waals surface area contributed by atoms with Gasteiger partial charge in [0, 0.05) is 39.8 Å². The summed E-state index contributed by atoms with van der Waals surface area (Å²) in [6.07, 6.45) is 1.63. The van der Waals surface area contributed by atoms with Gasteiger partial charge < -0.3 is 9.64 Å². The van der Waals surface area contributed by atoms with Gasteiger partial charge in [-0.05, 0) is 12.1 Å². The average Bonchev–Trinajstić information content (AvgIpc) is 2.93. The zero-order chi connectivity index (χ0) is 13.1. The third-order valence-electron chi connectivity index (χ3n) is 3.46. The Labute approximate surface area is 111 Å². The van der Waals surface area contributed by atoms with Crippen LogP contribution in [0.15, 0.2) is 18.5 Å². The van der Waals surface area contributed by atoms with Crippen molar-refractivity contribution >= 4 is 11.5 Å². The molecule has 7 nitrogen and oxygen atoms in total. The Kier molecular flexibility index (Phi) is 3.56. The zero-order valence-electron chi connectivity index (χ0n) is 11.1. The summed E-state index contributed by atoms with van der Waals surface area (Å²) in [4.78, 5) is 4.71. The molecule has 0 radical (unpaired) electrons. The third kappa shape index (κ3) is 2.66. The van der Waals surface area contributed by atoms with Crippen molar-refractivity contribution in [3.05, 3.63) is 18.5 Å². The van der Waals surface area contributed by atoms with Crippen LogP contribution < -0.4 is 4.90 Å². The summed E-state index contributed by atoms with van der Waals surface area (Å²) in [6.45, 7) is 5.87. The van der Waals surface area contributed by atoms with Gasteiger partial charge in [-0.3, -0.25) is 4.90 Å². The van der Waals surface area contributed by atoms with Crippen LogP contribution in [0.2, 0.25) is 0 Å². The van der Waals surface area contributed by atoms with Crippen molar-refractivity contribution in [2.75, 3.05) is 51.3 Å². The Balaban J connectivity index is 1.64. The fourth-order valence-corrected chi connectivity index (χ4v) is 2.31. The molecule has 0 bridgehead atoms. The number of hydrogen-bond acceptors (Lipinski definition) is 6. The maximum absolute atomic E-state index is 5.11. The van der Waals surface area contributed by atoms with Crippen LogP contribution in [0.5, 0.6) is 0 Å². The quantitative estimate of drug-likeness (QED) is 0.766. The summed E-state index contributed by atoms with van der Waals surface area (Å²) in [7, 11) is 1.74. The first kappa shape index (κ1) is 12.3. The molecule has 102 valence electrons. The normalized spacial score (nSPS) is 17.2. The van der Waals surface area contributed by atoms with Crippen molar-refractivity contribution in [1.82, 2.24) is 24.7 Å². The number of hydrogen-bond donors (Lipinski definition) is 0. The van der Waals surface area contributed by atoms with Gasteiger partial charge in [-0.15, -0.1) is 15.3 Å². The zero-order valence-corrected chi connectivity index (χ0v) is 11.1. The van der Waals surface area contributed by atoms with Crippen LogP contribution in [0, 0.1) is 0 Å². The number of methoxy groups -OCH3 is 1. The van der Waals surface area contributed by atoms with Gasteiger partial charge in [-0.1, -0.05) is 0 Å². The largest absolute Gasteiger partial charge is 0.383 e. The smallest absolute Gasteiger partial charge is 0.177 e. The second kappa shape index (κ2) is 5.50. The SMILES string of the molecule is COCCN1CCN(c2ccc3nncn3n2)CC1. The van der Waals surface area contributed by atoms with E-state index in [0.29, 0.717) is 0 Å². The number of nitrogens with zero attached hydrogens (tertiary/aromatic N) is 6. The van der Waals surface area contributed by atoms with E-state index in [0.717, 1.165) is 50.8 Å². The summed E-state index contributed by atoms with van der Waals surface area (Å²) in [5, 5.41) is 12.3. The molecule has 2 aromatic heterocycles. The van der Waals surface area contributed by atoms with Gasteiger partial charge in [-0.2, -0.15) is 4.52 Å². The van der Waals surface area contributed by atoms with Gasteiger partial charge >= 0.3 is 0 Å². The van der Waals surface area contributed by atoms with E-state index >= 15 is 0 Å². The molecular weight excluding hydrogens is 244 g/mol. The number of rotatable bonds is 4. The lowest BCUT2D eigenvalue weighted by atomic mass is 10.3. The van der Waals surface area contributed by atoms with Crippen LogP contribution in [0.1, 0.15) is 0 Å². The van der Waals surface area contributed by atoms with Crippen molar-refractivity contribution in [1.29, 1.82) is 0 Å². The van der Waals surface area contributed by atoms with Crippen LogP contribution in [0.4, 0.5) is 5.82 Å². The first-order valence-electron chi connectivity index (χ1n) is 6.50. The minimum atomic E-state index is 0.780. The number of ether oxygens (including phenoxy) is 1. The van der Waals surface area contributed by atoms with E-state index in [1.165, 1.54) is 0 Å². The van der Waals surface area contributed by atoms with Crippen molar-refractivity contribution in [2.45, 2.75) is 0 Å². The highest BCUT2D eigenvalue weighted by Crippen LogP contribution is 2.13. The molecule has 0 unspecified atom stereocenters. The molecule has 0 aliphatic carbocycles. The number of piperazine rings is 1. The topological polar surface area (TPSA) is 58.8 Å². The predicted octanol–water partition coefficient (Wildman–Crippen LogP) is -0.107. The summed E-state index contributed by atoms with van der Waals surface area (Å²) in [5.41, 5.74) is 0.780. The van der Waals surface area contributed by atoms with Gasteiger partial charge in [0.1, 0.15) is 12.1 Å². The molecule has 1 aliphatic heterocycles. The number of aromatic nitrogens is 4. The molecule has 0 spiro atoms. The van der Waals surface area contributed by atoms with Crippen LogP contribution >= 0.6 is 0 Å². The summed E-state index contributed by atoms with van der Waals surface area (Å²) < 4.78 is 6.83. The first-order chi connectivity index (χ1) is 9.36. The monoisotopic (exact) mass is 262 g/mol. The molecule has 2 aromatic rings. The lowest BCUT2D eigenvalue weighted by molar-refractivity contribution is 0.144. The van der Waals surface area contributed by atoms with Crippen molar-refractivity contribution in [3.63, 3.8) is 0 Å². The first-order valence-corrected chi connectivity index (χ1v) is 6.50. The fourth-order valence-electron chi connectivity index (χ4n) is 2.31. The van der Waals surface area contributed by atoms with Crippen LogP contribution in [-0.2, 0) is 4.74 Å². The molecule has 1 saturated heterocycles. The van der Waals surface area contributed by atoms with E-state index in [1.807, 2.05) is 12.1 Å². The van der Waals surface area contributed by atoms with E-state index in [9.17, 15) is 0 Å². The molecule has 19 heavy (non-hydrogen) atoms. The van der Waals surface area contributed by atoms with Gasteiger partial charge in [-0.25, -0.2) is 0 Å². The summed E-state index contributed by atoms with van der Waals surface area (Å²) in [5.74, 6) is 0.985. The van der Waals surface area contributed by atoms with E-state index in [4.69, 9.17) is 4.74 Å². The van der Waals surface area contributed by atoms with Gasteiger partial charge in [0.2, 0.25) is 0 Å². The highest BCUT2D eigenvalue weighted by Gasteiger charge is 2.18. The molecule has 0 amide bonds. The van der Waals surface area contributed by atoms with Gasteiger partial charge in [0.15, 0.2) is 5.65 Å². The molecule has 3 rings (SSSR count). The maximum Gasteiger partial charge on any atom is 0.177 e. The molecule has 3 heterocycles. The summed E-state index contributed by atoms with van der Waals surface area (Å²) >= 11 is 0. The molecule has 0 N–H and O–H groups in total. The molecule has 1 aliphatic rings. The lowest BCUT2D eigenvalue weighted by Gasteiger charge is -2.35. The Morgan fingerprint density at radius 1 is 1.21 bits per heavy atom. The highest BCUT2D eigenvalue weighted by molar-refractivity contribution is 5.45. The third-order valence-corrected chi connectivity index (χ3v) is 3.46. The minimum absolute atomic E-state index is 0.780. The summed E-state index contributed by atoms with van der Waals surface area (Å²) in [6, 6.07) is 3.96. The fraction of sp³-hybridized carbons (Fsp3) is 0.583. The van der Waals surface area contributed by atoms with Gasteiger partial charge in [0.05, 0.1) is 6.61 Å². The van der Waals surface area contributed by atoms with E-state index in [1.54, 1.807) is 18.0 Å². The van der Waals surface area contributed by atoms with Crippen molar-refractivity contribution in [3.8, 4) is 0 Å². The average molecular weight is 262 g/mol. The maximum atomic E-state index is 5.11. The van der Waals surface area contributed by atoms with E-state index in [-0.39, 0.29) is 0 Å². The lowest BCUT2D eigenvalue weighted by Crippen LogP contribution is -2.47. The predicted molar refractivity (Wildman–Crippen MR) is 71.3 cm³/mol.